The van der Waals surface area contributed by atoms with Gasteiger partial charge in [-0.2, -0.15) is 0 Å². The third-order valence-corrected chi connectivity index (χ3v) is 4.94. The lowest BCUT2D eigenvalue weighted by Gasteiger charge is -1.85. The smallest absolute Gasteiger partial charge is 0.143 e. The first-order valence-electron chi connectivity index (χ1n) is 3.63. The minimum absolute atomic E-state index is 1.37. The normalized spacial score (nSPS) is 10.4. The maximum Gasteiger partial charge on any atom is 0.206 e. The molecule has 62 valence electrons. The van der Waals surface area contributed by atoms with Crippen molar-refractivity contribution >= 4 is 34.4 Å². The highest BCUT2D eigenvalue weighted by Gasteiger charge is 2.05. The van der Waals surface area contributed by atoms with Gasteiger partial charge in [0.15, 0.2) is 0 Å². The van der Waals surface area contributed by atoms with E-state index in [9.17, 15) is 0 Å². The first kappa shape index (κ1) is 8.35. The van der Waals surface area contributed by atoms with Crippen LogP contribution in [0.25, 0.3) is 9.75 Å². The summed E-state index contributed by atoms with van der Waals surface area (Å²) in [6, 6.07) is 8.69. The van der Waals surface area contributed by atoms with E-state index in [-0.39, 0.29) is 0 Å². The molecule has 0 amide bonds. The van der Waals surface area contributed by atoms with Gasteiger partial charge in [0.25, 0.3) is 0 Å². The maximum absolute atomic E-state index is 2.21. The van der Waals surface area contributed by atoms with Crippen molar-refractivity contribution in [2.24, 2.45) is 0 Å². The van der Waals surface area contributed by atoms with Gasteiger partial charge in [0.1, 0.15) is 6.26 Å². The molecule has 0 nitrogen and oxygen atoms in total. The monoisotopic (exact) mass is 213 g/mol. The standard InChI is InChI=1S/C9H8S3/c1-10-9-5-4-8(12-9)7-3-2-6-11-7/h2-6H,1H3/p+1. The molecule has 2 aromatic heterocycles. The summed E-state index contributed by atoms with van der Waals surface area (Å²) in [5.74, 6) is 0. The zero-order valence-corrected chi connectivity index (χ0v) is 9.18. The van der Waals surface area contributed by atoms with E-state index in [1.807, 2.05) is 22.7 Å². The molecule has 0 radical (unpaired) electrons. The van der Waals surface area contributed by atoms with Crippen LogP contribution in [-0.4, -0.2) is 6.26 Å². The molecule has 0 unspecified atom stereocenters. The van der Waals surface area contributed by atoms with E-state index in [0.29, 0.717) is 0 Å². The lowest BCUT2D eigenvalue weighted by atomic mass is 10.4. The van der Waals surface area contributed by atoms with Crippen molar-refractivity contribution in [1.82, 2.24) is 0 Å². The molecule has 2 rings (SSSR count). The zero-order valence-electron chi connectivity index (χ0n) is 6.65. The van der Waals surface area contributed by atoms with Gasteiger partial charge >= 0.3 is 0 Å². The van der Waals surface area contributed by atoms with Crippen LogP contribution in [0.1, 0.15) is 0 Å². The van der Waals surface area contributed by atoms with Crippen LogP contribution in [0, 0.1) is 0 Å². The molecule has 0 N–H and O–H groups in total. The Morgan fingerprint density at radius 3 is 2.67 bits per heavy atom. The van der Waals surface area contributed by atoms with Crippen LogP contribution in [0.15, 0.2) is 33.9 Å². The second kappa shape index (κ2) is 3.64. The summed E-state index contributed by atoms with van der Waals surface area (Å²) in [5, 5.41) is 2.12. The predicted octanol–water partition coefficient (Wildman–Crippen LogP) is 3.28. The van der Waals surface area contributed by atoms with Crippen molar-refractivity contribution in [1.29, 1.82) is 0 Å². The van der Waals surface area contributed by atoms with Crippen molar-refractivity contribution in [2.45, 2.75) is 4.21 Å². The summed E-state index contributed by atoms with van der Waals surface area (Å²) in [6.45, 7) is 0. The van der Waals surface area contributed by atoms with Crippen molar-refractivity contribution in [3.63, 3.8) is 0 Å². The Balaban J connectivity index is 2.35. The molecule has 0 aliphatic carbocycles. The van der Waals surface area contributed by atoms with Crippen LogP contribution in [0.5, 0.6) is 0 Å². The first-order chi connectivity index (χ1) is 5.90. The number of hydrogen-bond donors (Lipinski definition) is 0. The lowest BCUT2D eigenvalue weighted by Crippen LogP contribution is -1.64. The number of hydrogen-bond acceptors (Lipinski definition) is 2. The number of thiophene rings is 2. The second-order valence-electron chi connectivity index (χ2n) is 2.34. The van der Waals surface area contributed by atoms with E-state index in [4.69, 9.17) is 0 Å². The fourth-order valence-corrected chi connectivity index (χ4v) is 3.46. The summed E-state index contributed by atoms with van der Waals surface area (Å²) in [7, 11) is 0. The van der Waals surface area contributed by atoms with Crippen molar-refractivity contribution in [3.05, 3.63) is 29.6 Å². The Bertz CT molecular complexity index is 345. The average molecular weight is 213 g/mol. The van der Waals surface area contributed by atoms with Crippen molar-refractivity contribution < 1.29 is 0 Å². The summed E-state index contributed by atoms with van der Waals surface area (Å²) < 4.78 is 1.44. The highest BCUT2D eigenvalue weighted by atomic mass is 32.2. The minimum Gasteiger partial charge on any atom is -0.143 e. The molecule has 2 aromatic rings. The van der Waals surface area contributed by atoms with Gasteiger partial charge in [0, 0.05) is 27.6 Å². The quantitative estimate of drug-likeness (QED) is 0.530. The number of rotatable bonds is 2. The van der Waals surface area contributed by atoms with Gasteiger partial charge in [-0.3, -0.25) is 0 Å². The van der Waals surface area contributed by atoms with E-state index in [1.54, 1.807) is 0 Å². The SMILES string of the molecule is C[SH+]c1ccc(-c2cccs2)s1. The third-order valence-electron chi connectivity index (χ3n) is 1.58. The fourth-order valence-electron chi connectivity index (χ4n) is 0.999. The van der Waals surface area contributed by atoms with Gasteiger partial charge in [-0.05, 0) is 17.5 Å². The molecule has 0 atom stereocenters. The van der Waals surface area contributed by atoms with E-state index < -0.39 is 0 Å². The zero-order chi connectivity index (χ0) is 8.39. The van der Waals surface area contributed by atoms with Crippen LogP contribution in [0.3, 0.4) is 0 Å². The Hall–Kier alpha value is -0.250. The molecule has 0 spiro atoms. The van der Waals surface area contributed by atoms with Gasteiger partial charge in [-0.25, -0.2) is 0 Å². The van der Waals surface area contributed by atoms with E-state index in [2.05, 4.69) is 35.9 Å². The molecule has 0 aliphatic rings. The largest absolute Gasteiger partial charge is 0.206 e. The van der Waals surface area contributed by atoms with Gasteiger partial charge in [-0.1, -0.05) is 17.4 Å². The highest BCUT2D eigenvalue weighted by molar-refractivity contribution is 7.80. The molecule has 0 aliphatic heterocycles. The van der Waals surface area contributed by atoms with E-state index in [0.717, 1.165) is 0 Å². The molecule has 0 saturated heterocycles. The molecule has 0 aromatic carbocycles. The Kier molecular flexibility index (Phi) is 2.54. The molecular formula is C9H9S3+. The Morgan fingerprint density at radius 2 is 2.08 bits per heavy atom. The molecule has 2 heterocycles. The molecule has 0 fully saturated rings. The molecule has 0 bridgehead atoms. The fraction of sp³-hybridized carbons (Fsp3) is 0.111. The van der Waals surface area contributed by atoms with Crippen molar-refractivity contribution in [2.75, 3.05) is 6.26 Å². The third kappa shape index (κ3) is 1.58. The maximum atomic E-state index is 2.21. The molecule has 3 heteroatoms. The van der Waals surface area contributed by atoms with E-state index in [1.165, 1.54) is 25.7 Å². The van der Waals surface area contributed by atoms with Crippen molar-refractivity contribution in [3.8, 4) is 9.75 Å². The van der Waals surface area contributed by atoms with Crippen LogP contribution in [0.2, 0.25) is 0 Å². The number of thiol groups is 1. The lowest BCUT2D eigenvalue weighted by molar-refractivity contribution is 1.74. The molecule has 0 saturated carbocycles. The van der Waals surface area contributed by atoms with Crippen LogP contribution >= 0.6 is 22.7 Å². The summed E-state index contributed by atoms with van der Waals surface area (Å²) >= 11 is 5.07. The molecular weight excluding hydrogens is 204 g/mol. The van der Waals surface area contributed by atoms with Gasteiger partial charge in [0.2, 0.25) is 4.21 Å². The van der Waals surface area contributed by atoms with Gasteiger partial charge in [-0.15, -0.1) is 11.3 Å². The second-order valence-corrected chi connectivity index (χ2v) is 5.60. The van der Waals surface area contributed by atoms with Crippen LogP contribution in [0.4, 0.5) is 0 Å². The minimum atomic E-state index is 1.37. The summed E-state index contributed by atoms with van der Waals surface area (Å²) in [5.41, 5.74) is 0. The van der Waals surface area contributed by atoms with E-state index >= 15 is 0 Å². The highest BCUT2D eigenvalue weighted by Crippen LogP contribution is 2.31. The molecule has 12 heavy (non-hydrogen) atoms. The van der Waals surface area contributed by atoms with Crippen LogP contribution in [-0.2, 0) is 11.8 Å². The Morgan fingerprint density at radius 1 is 1.17 bits per heavy atom. The van der Waals surface area contributed by atoms with Crippen LogP contribution < -0.4 is 0 Å². The topological polar surface area (TPSA) is 0 Å². The average Bonchev–Trinajstić information content (AvgIpc) is 2.75. The summed E-state index contributed by atoms with van der Waals surface area (Å²) in [4.78, 5) is 2.78. The van der Waals surface area contributed by atoms with Gasteiger partial charge < -0.3 is 0 Å². The summed E-state index contributed by atoms with van der Waals surface area (Å²) in [6.07, 6.45) is 2.17. The predicted molar refractivity (Wildman–Crippen MR) is 60.6 cm³/mol. The first-order valence-corrected chi connectivity index (χ1v) is 6.67. The van der Waals surface area contributed by atoms with Gasteiger partial charge in [0.05, 0.1) is 0 Å². The Labute approximate surface area is 84.3 Å².